The van der Waals surface area contributed by atoms with Gasteiger partial charge in [0, 0.05) is 24.1 Å². The third-order valence-corrected chi connectivity index (χ3v) is 11.8. The molecule has 5 amide bonds. The van der Waals surface area contributed by atoms with Gasteiger partial charge in [-0.25, -0.2) is 4.79 Å². The van der Waals surface area contributed by atoms with Crippen molar-refractivity contribution in [1.29, 1.82) is 0 Å². The van der Waals surface area contributed by atoms with E-state index in [0.717, 1.165) is 27.1 Å². The van der Waals surface area contributed by atoms with Crippen LogP contribution in [0.1, 0.15) is 40.8 Å². The lowest BCUT2D eigenvalue weighted by atomic mass is 9.99. The molecule has 314 valence electrons. The fraction of sp³-hybridized carbons (Fsp3) is 0.277. The zero-order valence-electron chi connectivity index (χ0n) is 33.3. The number of fused-ring (bicyclic) bond motifs is 16. The number of aryl methyl sites for hydroxylation is 1. The Morgan fingerprint density at radius 3 is 1.93 bits per heavy atom. The molecule has 0 spiro atoms. The second kappa shape index (κ2) is 19.5. The number of aliphatic carboxylic acids is 1. The molecule has 1 saturated carbocycles. The summed E-state index contributed by atoms with van der Waals surface area (Å²) in [4.78, 5) is 83.2. The molecule has 61 heavy (non-hydrogen) atoms. The van der Waals surface area contributed by atoms with Crippen LogP contribution in [0.2, 0.25) is 0 Å². The van der Waals surface area contributed by atoms with E-state index in [0.29, 0.717) is 17.7 Å². The number of rotatable bonds is 11. The largest absolute Gasteiger partial charge is 0.484 e. The molecule has 5 aromatic rings. The summed E-state index contributed by atoms with van der Waals surface area (Å²) < 4.78 is 5.76. The highest BCUT2D eigenvalue weighted by Gasteiger charge is 2.52. The molecule has 14 heteroatoms. The van der Waals surface area contributed by atoms with Gasteiger partial charge < -0.3 is 36.4 Å². The third-order valence-electron chi connectivity index (χ3n) is 10.9. The fourth-order valence-corrected chi connectivity index (χ4v) is 7.93. The molecule has 4 aromatic carbocycles. The van der Waals surface area contributed by atoms with Gasteiger partial charge in [0.2, 0.25) is 23.6 Å². The van der Waals surface area contributed by atoms with Crippen LogP contribution < -0.4 is 31.3 Å². The average molecular weight is 842 g/mol. The maximum atomic E-state index is 14.6. The standard InChI is InChI=1S/C47H47N5O8S/c53-41-29-60-35-20-15-32(16-21-35)27-39(45(57)52-47(23-24-47)46(58)59)51-42(54)37(22-17-30-8-3-1-4-9-30)49-43(55)38(50-44(56)40(48-41)28-36-12-7-25-61-36)26-31-13-18-34(19-14-31)33-10-5-2-6-11-33/h1-16,18-21,25,37-40H,17,22-24,26-29H2,(H,48,53)(H,49,55)(H,50,56)(H,51,54)(H,52,57)(H,58,59)/t37-,38+,39-,40-/m0/s1. The van der Waals surface area contributed by atoms with Gasteiger partial charge in [-0.2, -0.15) is 0 Å². The first-order chi connectivity index (χ1) is 29.5. The predicted molar refractivity (Wildman–Crippen MR) is 229 cm³/mol. The molecule has 4 atom stereocenters. The Hall–Kier alpha value is -6.80. The van der Waals surface area contributed by atoms with E-state index >= 15 is 0 Å². The number of carbonyl (C=O) groups is 6. The molecule has 3 heterocycles. The second-order valence-corrected chi connectivity index (χ2v) is 16.4. The fourth-order valence-electron chi connectivity index (χ4n) is 7.18. The van der Waals surface area contributed by atoms with E-state index in [9.17, 15) is 33.9 Å². The molecule has 6 N–H and O–H groups in total. The van der Waals surface area contributed by atoms with Gasteiger partial charge >= 0.3 is 5.97 Å². The molecule has 13 nitrogen and oxygen atoms in total. The summed E-state index contributed by atoms with van der Waals surface area (Å²) >= 11 is 1.42. The van der Waals surface area contributed by atoms with Crippen molar-refractivity contribution < 1.29 is 38.6 Å². The van der Waals surface area contributed by atoms with E-state index < -0.39 is 71.8 Å². The molecule has 8 rings (SSSR count). The predicted octanol–water partition coefficient (Wildman–Crippen LogP) is 4.14. The van der Waals surface area contributed by atoms with E-state index in [1.807, 2.05) is 102 Å². The summed E-state index contributed by atoms with van der Waals surface area (Å²) in [6.45, 7) is -0.410. The van der Waals surface area contributed by atoms with Crippen LogP contribution in [-0.2, 0) is 54.5 Å². The van der Waals surface area contributed by atoms with E-state index in [-0.39, 0.29) is 38.5 Å². The molecular formula is C47H47N5O8S. The van der Waals surface area contributed by atoms with Crippen LogP contribution in [0.25, 0.3) is 11.1 Å². The number of nitrogens with one attached hydrogen (secondary N) is 5. The van der Waals surface area contributed by atoms with Crippen LogP contribution in [0, 0.1) is 0 Å². The number of thiophene rings is 1. The lowest BCUT2D eigenvalue weighted by Crippen LogP contribution is -2.60. The van der Waals surface area contributed by atoms with Gasteiger partial charge in [-0.05, 0) is 77.1 Å². The highest BCUT2D eigenvalue weighted by Crippen LogP contribution is 2.35. The first kappa shape index (κ1) is 42.3. The van der Waals surface area contributed by atoms with Gasteiger partial charge in [0.25, 0.3) is 5.91 Å². The Kier molecular flexibility index (Phi) is 13.5. The lowest BCUT2D eigenvalue weighted by molar-refractivity contribution is -0.143. The number of amides is 5. The maximum Gasteiger partial charge on any atom is 0.329 e. The number of ether oxygens (including phenoxy) is 1. The smallest absolute Gasteiger partial charge is 0.329 e. The van der Waals surface area contributed by atoms with Gasteiger partial charge in [0.05, 0.1) is 0 Å². The molecular weight excluding hydrogens is 795 g/mol. The molecule has 0 radical (unpaired) electrons. The monoisotopic (exact) mass is 841 g/mol. The summed E-state index contributed by atoms with van der Waals surface area (Å²) in [6.07, 6.45) is 1.19. The van der Waals surface area contributed by atoms with Crippen molar-refractivity contribution in [2.24, 2.45) is 0 Å². The van der Waals surface area contributed by atoms with Gasteiger partial charge in [-0.1, -0.05) is 103 Å². The number of carboxylic acid groups (broad SMARTS) is 1. The highest BCUT2D eigenvalue weighted by atomic mass is 32.1. The molecule has 1 aliphatic carbocycles. The van der Waals surface area contributed by atoms with Crippen molar-refractivity contribution in [3.63, 3.8) is 0 Å². The number of hydrogen-bond acceptors (Lipinski definition) is 8. The van der Waals surface area contributed by atoms with Crippen molar-refractivity contribution in [3.8, 4) is 16.9 Å². The maximum absolute atomic E-state index is 14.6. The topological polar surface area (TPSA) is 192 Å². The minimum absolute atomic E-state index is 0.0184. The molecule has 1 fully saturated rings. The van der Waals surface area contributed by atoms with Crippen molar-refractivity contribution in [1.82, 2.24) is 26.6 Å². The summed E-state index contributed by atoms with van der Waals surface area (Å²) in [5, 5.41) is 25.7. The van der Waals surface area contributed by atoms with Crippen molar-refractivity contribution in [3.05, 3.63) is 148 Å². The van der Waals surface area contributed by atoms with Crippen molar-refractivity contribution in [2.45, 2.75) is 74.7 Å². The summed E-state index contributed by atoms with van der Waals surface area (Å²) in [5.41, 5.74) is 2.80. The van der Waals surface area contributed by atoms with Crippen LogP contribution >= 0.6 is 11.3 Å². The second-order valence-electron chi connectivity index (χ2n) is 15.4. The van der Waals surface area contributed by atoms with Crippen LogP contribution in [0.15, 0.2) is 127 Å². The summed E-state index contributed by atoms with van der Waals surface area (Å²) in [7, 11) is 0. The Balaban J connectivity index is 1.22. The lowest BCUT2D eigenvalue weighted by Gasteiger charge is -2.27. The van der Waals surface area contributed by atoms with Gasteiger partial charge in [-0.3, -0.25) is 24.0 Å². The van der Waals surface area contributed by atoms with Crippen LogP contribution in [0.4, 0.5) is 0 Å². The number of carboxylic acids is 1. The highest BCUT2D eigenvalue weighted by molar-refractivity contribution is 7.09. The number of benzene rings is 4. The van der Waals surface area contributed by atoms with Crippen LogP contribution in [-0.4, -0.2) is 76.9 Å². The Bertz CT molecular complexity index is 2320. The molecule has 3 aliphatic rings. The van der Waals surface area contributed by atoms with Crippen molar-refractivity contribution >= 4 is 46.8 Å². The van der Waals surface area contributed by atoms with E-state index in [1.54, 1.807) is 24.3 Å². The molecule has 0 unspecified atom stereocenters. The van der Waals surface area contributed by atoms with E-state index in [1.165, 1.54) is 11.3 Å². The molecule has 2 aliphatic heterocycles. The van der Waals surface area contributed by atoms with Gasteiger partial charge in [-0.15, -0.1) is 11.3 Å². The quantitative estimate of drug-likeness (QED) is 0.107. The zero-order chi connectivity index (χ0) is 42.8. The number of hydrogen-bond donors (Lipinski definition) is 6. The molecule has 2 bridgehead atoms. The SMILES string of the molecule is O=C1COc2ccc(cc2)C[C@@H](C(=O)NC2(C(=O)O)CC2)NC(=O)[C@H](CCc2ccccc2)NC(=O)[C@@H](Cc2ccc(-c3ccccc3)cc2)NC(=O)[C@H](Cc2cccs2)N1. The normalized spacial score (nSPS) is 20.6. The van der Waals surface area contributed by atoms with E-state index in [2.05, 4.69) is 26.6 Å². The average Bonchev–Trinajstić information content (AvgIpc) is 3.88. The summed E-state index contributed by atoms with van der Waals surface area (Å²) in [6, 6.07) is 32.4. The Labute approximate surface area is 357 Å². The first-order valence-electron chi connectivity index (χ1n) is 20.2. The zero-order valence-corrected chi connectivity index (χ0v) is 34.1. The van der Waals surface area contributed by atoms with Gasteiger partial charge in [0.15, 0.2) is 6.61 Å². The summed E-state index contributed by atoms with van der Waals surface area (Å²) in [5.74, 6) is -4.00. The minimum Gasteiger partial charge on any atom is -0.484 e. The Morgan fingerprint density at radius 1 is 0.672 bits per heavy atom. The van der Waals surface area contributed by atoms with Crippen LogP contribution in [0.3, 0.4) is 0 Å². The molecule has 0 saturated heterocycles. The Morgan fingerprint density at radius 2 is 1.30 bits per heavy atom. The van der Waals surface area contributed by atoms with Gasteiger partial charge in [0.1, 0.15) is 35.5 Å². The van der Waals surface area contributed by atoms with Crippen molar-refractivity contribution in [2.75, 3.05) is 6.61 Å². The number of carbonyl (C=O) groups excluding carboxylic acids is 5. The minimum atomic E-state index is -1.42. The van der Waals surface area contributed by atoms with Crippen LogP contribution in [0.5, 0.6) is 5.75 Å². The first-order valence-corrected chi connectivity index (χ1v) is 21.1. The third kappa shape index (κ3) is 11.5. The molecule has 1 aromatic heterocycles. The van der Waals surface area contributed by atoms with E-state index in [4.69, 9.17) is 4.74 Å².